The van der Waals surface area contributed by atoms with Gasteiger partial charge in [-0.3, -0.25) is 0 Å². The Morgan fingerprint density at radius 2 is 1.76 bits per heavy atom. The minimum Gasteiger partial charge on any atom is -0.240 e. The first-order valence-corrected chi connectivity index (χ1v) is 6.43. The van der Waals surface area contributed by atoms with Gasteiger partial charge in [0.2, 0.25) is 0 Å². The number of rotatable bonds is 2. The highest BCUT2D eigenvalue weighted by Crippen LogP contribution is 2.13. The van der Waals surface area contributed by atoms with Crippen molar-refractivity contribution in [3.63, 3.8) is 0 Å². The number of aromatic nitrogens is 3. The molecule has 0 aliphatic rings. The van der Waals surface area contributed by atoms with Gasteiger partial charge in [0, 0.05) is 3.57 Å². The summed E-state index contributed by atoms with van der Waals surface area (Å²) in [6.07, 6.45) is 0. The molecule has 0 amide bonds. The van der Waals surface area contributed by atoms with Crippen LogP contribution >= 0.6 is 22.6 Å². The fourth-order valence-corrected chi connectivity index (χ4v) is 2.16. The van der Waals surface area contributed by atoms with Gasteiger partial charge in [-0.05, 0) is 52.4 Å². The first-order valence-electron chi connectivity index (χ1n) is 5.35. The Kier molecular flexibility index (Phi) is 2.80. The van der Waals surface area contributed by atoms with Crippen molar-refractivity contribution >= 4 is 33.6 Å². The van der Waals surface area contributed by atoms with Gasteiger partial charge in [0.05, 0.1) is 12.1 Å². The van der Waals surface area contributed by atoms with Crippen LogP contribution in [0, 0.1) is 3.57 Å². The Balaban J connectivity index is 1.97. The molecule has 3 rings (SSSR count). The summed E-state index contributed by atoms with van der Waals surface area (Å²) in [5, 5.41) is 8.32. The molecule has 17 heavy (non-hydrogen) atoms. The van der Waals surface area contributed by atoms with Crippen molar-refractivity contribution in [2.24, 2.45) is 0 Å². The van der Waals surface area contributed by atoms with Gasteiger partial charge in [-0.1, -0.05) is 29.5 Å². The van der Waals surface area contributed by atoms with Crippen molar-refractivity contribution in [3.8, 4) is 0 Å². The Morgan fingerprint density at radius 3 is 2.59 bits per heavy atom. The largest absolute Gasteiger partial charge is 0.240 e. The third-order valence-corrected chi connectivity index (χ3v) is 3.38. The van der Waals surface area contributed by atoms with Gasteiger partial charge < -0.3 is 0 Å². The molecule has 3 nitrogen and oxygen atoms in total. The highest BCUT2D eigenvalue weighted by atomic mass is 127. The number of halogens is 1. The van der Waals surface area contributed by atoms with Crippen LogP contribution in [0.1, 0.15) is 5.56 Å². The summed E-state index contributed by atoms with van der Waals surface area (Å²) in [7, 11) is 0. The molecular weight excluding hydrogens is 325 g/mol. The molecule has 0 N–H and O–H groups in total. The van der Waals surface area contributed by atoms with E-state index < -0.39 is 0 Å². The molecule has 0 saturated heterocycles. The topological polar surface area (TPSA) is 30.7 Å². The third-order valence-electron chi connectivity index (χ3n) is 2.67. The van der Waals surface area contributed by atoms with Crippen molar-refractivity contribution in [3.05, 3.63) is 57.7 Å². The van der Waals surface area contributed by atoms with E-state index in [-0.39, 0.29) is 0 Å². The van der Waals surface area contributed by atoms with Crippen LogP contribution in [0.25, 0.3) is 11.0 Å². The molecule has 4 heteroatoms. The second-order valence-electron chi connectivity index (χ2n) is 3.86. The van der Waals surface area contributed by atoms with Gasteiger partial charge in [0.25, 0.3) is 0 Å². The van der Waals surface area contributed by atoms with E-state index in [1.165, 1.54) is 9.13 Å². The van der Waals surface area contributed by atoms with Gasteiger partial charge in [-0.2, -0.15) is 0 Å². The Labute approximate surface area is 113 Å². The molecule has 0 bridgehead atoms. The summed E-state index contributed by atoms with van der Waals surface area (Å²) in [6.45, 7) is 0.761. The van der Waals surface area contributed by atoms with E-state index in [1.54, 1.807) is 0 Å². The lowest BCUT2D eigenvalue weighted by Gasteiger charge is -2.02. The maximum atomic E-state index is 4.18. The molecule has 1 aromatic heterocycles. The molecule has 1 heterocycles. The highest BCUT2D eigenvalue weighted by molar-refractivity contribution is 14.1. The predicted octanol–water partition coefficient (Wildman–Crippen LogP) is 3.08. The standard InChI is InChI=1S/C13H10IN3/c14-11-7-5-10(6-8-11)9-17-13-4-2-1-3-12(13)15-16-17/h1-8H,9H2. The fraction of sp³-hybridized carbons (Fsp3) is 0.0769. The number of nitrogens with zero attached hydrogens (tertiary/aromatic N) is 3. The lowest BCUT2D eigenvalue weighted by molar-refractivity contribution is 0.670. The van der Waals surface area contributed by atoms with Gasteiger partial charge in [0.1, 0.15) is 5.52 Å². The van der Waals surface area contributed by atoms with Crippen molar-refractivity contribution < 1.29 is 0 Å². The maximum Gasteiger partial charge on any atom is 0.113 e. The Morgan fingerprint density at radius 1 is 1.00 bits per heavy atom. The number of fused-ring (bicyclic) bond motifs is 1. The molecule has 0 aliphatic carbocycles. The second kappa shape index (κ2) is 4.44. The lowest BCUT2D eigenvalue weighted by atomic mass is 10.2. The van der Waals surface area contributed by atoms with E-state index in [1.807, 2.05) is 28.9 Å². The van der Waals surface area contributed by atoms with Crippen LogP contribution in [-0.2, 0) is 6.54 Å². The Hall–Kier alpha value is -1.43. The fourth-order valence-electron chi connectivity index (χ4n) is 1.80. The first-order chi connectivity index (χ1) is 8.33. The van der Waals surface area contributed by atoms with Crippen LogP contribution in [0.5, 0.6) is 0 Å². The van der Waals surface area contributed by atoms with E-state index in [4.69, 9.17) is 0 Å². The number of benzene rings is 2. The molecule has 0 saturated carbocycles. The third kappa shape index (κ3) is 2.17. The maximum absolute atomic E-state index is 4.18. The van der Waals surface area contributed by atoms with Crippen molar-refractivity contribution in [2.75, 3.05) is 0 Å². The molecule has 84 valence electrons. The quantitative estimate of drug-likeness (QED) is 0.674. The summed E-state index contributed by atoms with van der Waals surface area (Å²) in [6, 6.07) is 16.5. The van der Waals surface area contributed by atoms with Gasteiger partial charge >= 0.3 is 0 Å². The normalized spacial score (nSPS) is 10.9. The summed E-state index contributed by atoms with van der Waals surface area (Å²) in [5.74, 6) is 0. The van der Waals surface area contributed by atoms with Crippen molar-refractivity contribution in [1.29, 1.82) is 0 Å². The van der Waals surface area contributed by atoms with Crippen LogP contribution in [0.4, 0.5) is 0 Å². The minimum absolute atomic E-state index is 0.761. The second-order valence-corrected chi connectivity index (χ2v) is 5.11. The van der Waals surface area contributed by atoms with E-state index in [0.29, 0.717) is 0 Å². The predicted molar refractivity (Wildman–Crippen MR) is 75.8 cm³/mol. The zero-order valence-electron chi connectivity index (χ0n) is 9.05. The zero-order chi connectivity index (χ0) is 11.7. The summed E-state index contributed by atoms with van der Waals surface area (Å²) < 4.78 is 3.17. The molecule has 0 radical (unpaired) electrons. The molecule has 3 aromatic rings. The molecule has 0 spiro atoms. The van der Waals surface area contributed by atoms with Crippen LogP contribution in [0.3, 0.4) is 0 Å². The first kappa shape index (κ1) is 10.7. The molecular formula is C13H10IN3. The molecule has 0 atom stereocenters. The summed E-state index contributed by atoms with van der Waals surface area (Å²) >= 11 is 2.31. The zero-order valence-corrected chi connectivity index (χ0v) is 11.2. The minimum atomic E-state index is 0.761. The number of hydrogen-bond donors (Lipinski definition) is 0. The lowest BCUT2D eigenvalue weighted by Crippen LogP contribution is -2.01. The molecule has 0 fully saturated rings. The van der Waals surface area contributed by atoms with Crippen molar-refractivity contribution in [1.82, 2.24) is 15.0 Å². The van der Waals surface area contributed by atoms with Crippen LogP contribution < -0.4 is 0 Å². The van der Waals surface area contributed by atoms with Gasteiger partial charge in [0.15, 0.2) is 0 Å². The number of para-hydroxylation sites is 1. The molecule has 0 aliphatic heterocycles. The summed E-state index contributed by atoms with van der Waals surface area (Å²) in [5.41, 5.74) is 3.25. The van der Waals surface area contributed by atoms with Crippen molar-refractivity contribution in [2.45, 2.75) is 6.54 Å². The van der Waals surface area contributed by atoms with E-state index in [2.05, 4.69) is 57.2 Å². The smallest absolute Gasteiger partial charge is 0.113 e. The average Bonchev–Trinajstić information content (AvgIpc) is 2.76. The molecule has 0 unspecified atom stereocenters. The van der Waals surface area contributed by atoms with Crippen LogP contribution in [-0.4, -0.2) is 15.0 Å². The van der Waals surface area contributed by atoms with Crippen LogP contribution in [0.15, 0.2) is 48.5 Å². The highest BCUT2D eigenvalue weighted by Gasteiger charge is 2.03. The number of hydrogen-bond acceptors (Lipinski definition) is 2. The van der Waals surface area contributed by atoms with Gasteiger partial charge in [-0.15, -0.1) is 5.10 Å². The average molecular weight is 335 g/mol. The SMILES string of the molecule is Ic1ccc(Cn2nnc3ccccc32)cc1. The van der Waals surface area contributed by atoms with E-state index in [0.717, 1.165) is 17.6 Å². The molecule has 2 aromatic carbocycles. The summed E-state index contributed by atoms with van der Waals surface area (Å²) in [4.78, 5) is 0. The monoisotopic (exact) mass is 335 g/mol. The van der Waals surface area contributed by atoms with Gasteiger partial charge in [-0.25, -0.2) is 4.68 Å². The van der Waals surface area contributed by atoms with Crippen LogP contribution in [0.2, 0.25) is 0 Å². The van der Waals surface area contributed by atoms with E-state index >= 15 is 0 Å². The van der Waals surface area contributed by atoms with E-state index in [9.17, 15) is 0 Å². The Bertz CT molecular complexity index is 643.